The molecule has 0 saturated carbocycles. The van der Waals surface area contributed by atoms with Gasteiger partial charge >= 0.3 is 0 Å². The molecule has 2 unspecified atom stereocenters. The van der Waals surface area contributed by atoms with Crippen molar-refractivity contribution < 1.29 is 13.2 Å². The highest BCUT2D eigenvalue weighted by molar-refractivity contribution is 7.91. The molecule has 0 radical (unpaired) electrons. The van der Waals surface area contributed by atoms with Crippen molar-refractivity contribution >= 4 is 9.84 Å². The first-order valence-electron chi connectivity index (χ1n) is 6.17. The van der Waals surface area contributed by atoms with Gasteiger partial charge in [-0.15, -0.1) is 0 Å². The molecule has 2 atom stereocenters. The highest BCUT2D eigenvalue weighted by atomic mass is 32.2. The van der Waals surface area contributed by atoms with E-state index in [2.05, 4.69) is 5.32 Å². The molecule has 5 heteroatoms. The van der Waals surface area contributed by atoms with Crippen LogP contribution in [0.25, 0.3) is 0 Å². The number of hydrogen-bond acceptors (Lipinski definition) is 4. The molecule has 16 heavy (non-hydrogen) atoms. The second-order valence-corrected chi connectivity index (χ2v) is 7.15. The van der Waals surface area contributed by atoms with Crippen molar-refractivity contribution in [1.82, 2.24) is 5.32 Å². The molecule has 0 aromatic carbocycles. The Labute approximate surface area is 97.7 Å². The molecule has 0 spiro atoms. The summed E-state index contributed by atoms with van der Waals surface area (Å²) in [5, 5.41) is 3.37. The van der Waals surface area contributed by atoms with Crippen LogP contribution in [0.3, 0.4) is 0 Å². The van der Waals surface area contributed by atoms with Crippen molar-refractivity contribution in [2.45, 2.75) is 31.7 Å². The lowest BCUT2D eigenvalue weighted by molar-refractivity contribution is 0.184. The third kappa shape index (κ3) is 3.71. The van der Waals surface area contributed by atoms with Gasteiger partial charge in [0.1, 0.15) is 0 Å². The first-order chi connectivity index (χ1) is 7.66. The van der Waals surface area contributed by atoms with E-state index >= 15 is 0 Å². The molecular weight excluding hydrogens is 226 g/mol. The predicted octanol–water partition coefficient (Wildman–Crippen LogP) is 0.580. The Kier molecular flexibility index (Phi) is 4.21. The summed E-state index contributed by atoms with van der Waals surface area (Å²) in [6.07, 6.45) is 4.08. The summed E-state index contributed by atoms with van der Waals surface area (Å²) in [6.45, 7) is 2.70. The minimum absolute atomic E-state index is 0.182. The van der Waals surface area contributed by atoms with Crippen molar-refractivity contribution in [2.24, 2.45) is 5.92 Å². The molecular formula is C11H21NO3S. The third-order valence-electron chi connectivity index (χ3n) is 3.47. The van der Waals surface area contributed by atoms with Crippen LogP contribution in [-0.4, -0.2) is 45.7 Å². The lowest BCUT2D eigenvalue weighted by Gasteiger charge is -2.23. The fraction of sp³-hybridized carbons (Fsp3) is 1.00. The van der Waals surface area contributed by atoms with Gasteiger partial charge in [-0.25, -0.2) is 8.42 Å². The van der Waals surface area contributed by atoms with Gasteiger partial charge in [-0.2, -0.15) is 0 Å². The molecule has 2 saturated heterocycles. The molecule has 1 N–H and O–H groups in total. The molecule has 0 bridgehead atoms. The van der Waals surface area contributed by atoms with Crippen molar-refractivity contribution in [3.63, 3.8) is 0 Å². The second-order valence-electron chi connectivity index (χ2n) is 4.93. The van der Waals surface area contributed by atoms with E-state index in [0.29, 0.717) is 17.4 Å². The number of nitrogens with one attached hydrogen (secondary N) is 1. The van der Waals surface area contributed by atoms with E-state index in [0.717, 1.165) is 45.4 Å². The molecule has 2 rings (SSSR count). The Bertz CT molecular complexity index is 309. The molecule has 94 valence electrons. The number of sulfone groups is 1. The number of hydrogen-bond donors (Lipinski definition) is 1. The molecule has 4 nitrogen and oxygen atoms in total. The Morgan fingerprint density at radius 3 is 2.88 bits per heavy atom. The van der Waals surface area contributed by atoms with Gasteiger partial charge in [-0.3, -0.25) is 0 Å². The Hall–Kier alpha value is -0.130. The van der Waals surface area contributed by atoms with E-state index in [1.165, 1.54) is 0 Å². The molecule has 2 aliphatic rings. The van der Waals surface area contributed by atoms with E-state index in [1.807, 2.05) is 0 Å². The summed E-state index contributed by atoms with van der Waals surface area (Å²) in [5.41, 5.74) is 0. The van der Waals surface area contributed by atoms with Gasteiger partial charge in [0.2, 0.25) is 0 Å². The molecule has 0 aromatic heterocycles. The summed E-state index contributed by atoms with van der Waals surface area (Å²) in [6, 6.07) is 0.182. The quantitative estimate of drug-likeness (QED) is 0.789. The zero-order chi connectivity index (χ0) is 11.4. The van der Waals surface area contributed by atoms with Gasteiger partial charge in [0.15, 0.2) is 9.84 Å². The van der Waals surface area contributed by atoms with Crippen LogP contribution in [0.1, 0.15) is 25.7 Å². The van der Waals surface area contributed by atoms with E-state index in [1.54, 1.807) is 0 Å². The van der Waals surface area contributed by atoms with E-state index < -0.39 is 9.84 Å². The maximum absolute atomic E-state index is 11.4. The zero-order valence-corrected chi connectivity index (χ0v) is 10.5. The van der Waals surface area contributed by atoms with Crippen LogP contribution in [0.5, 0.6) is 0 Å². The highest BCUT2D eigenvalue weighted by Gasteiger charge is 2.24. The Balaban J connectivity index is 1.65. The topological polar surface area (TPSA) is 55.4 Å². The standard InChI is InChI=1S/C11H21NO3S/c13-16(14)7-1-2-11(9-16)12-5-3-10-4-6-15-8-10/h10-12H,1-9H2. The van der Waals surface area contributed by atoms with Gasteiger partial charge in [0.05, 0.1) is 11.5 Å². The average Bonchev–Trinajstić information content (AvgIpc) is 2.69. The number of ether oxygens (including phenoxy) is 1. The Morgan fingerprint density at radius 1 is 1.31 bits per heavy atom. The van der Waals surface area contributed by atoms with Crippen molar-refractivity contribution in [1.29, 1.82) is 0 Å². The van der Waals surface area contributed by atoms with Gasteiger partial charge in [0.25, 0.3) is 0 Å². The molecule has 0 aromatic rings. The van der Waals surface area contributed by atoms with E-state index in [-0.39, 0.29) is 6.04 Å². The molecule has 2 heterocycles. The first kappa shape index (κ1) is 12.3. The first-order valence-corrected chi connectivity index (χ1v) is 7.99. The minimum atomic E-state index is -2.77. The second kappa shape index (κ2) is 5.47. The van der Waals surface area contributed by atoms with Crippen LogP contribution in [-0.2, 0) is 14.6 Å². The highest BCUT2D eigenvalue weighted by Crippen LogP contribution is 2.16. The zero-order valence-electron chi connectivity index (χ0n) is 9.65. The molecule has 0 amide bonds. The summed E-state index contributed by atoms with van der Waals surface area (Å²) < 4.78 is 28.1. The molecule has 2 fully saturated rings. The van der Waals surface area contributed by atoms with Crippen molar-refractivity contribution in [3.8, 4) is 0 Å². The summed E-state index contributed by atoms with van der Waals surface area (Å²) in [4.78, 5) is 0. The summed E-state index contributed by atoms with van der Waals surface area (Å²) >= 11 is 0. The van der Waals surface area contributed by atoms with Crippen LogP contribution in [0.2, 0.25) is 0 Å². The third-order valence-corrected chi connectivity index (χ3v) is 5.29. The average molecular weight is 247 g/mol. The van der Waals surface area contributed by atoms with Crippen LogP contribution in [0, 0.1) is 5.92 Å². The maximum Gasteiger partial charge on any atom is 0.151 e. The summed E-state index contributed by atoms with van der Waals surface area (Å²) in [7, 11) is -2.77. The van der Waals surface area contributed by atoms with Crippen LogP contribution in [0.15, 0.2) is 0 Å². The number of rotatable bonds is 4. The van der Waals surface area contributed by atoms with Gasteiger partial charge in [-0.05, 0) is 38.1 Å². The lowest BCUT2D eigenvalue weighted by atomic mass is 10.0. The maximum atomic E-state index is 11.4. The predicted molar refractivity (Wildman–Crippen MR) is 63.2 cm³/mol. The largest absolute Gasteiger partial charge is 0.381 e. The SMILES string of the molecule is O=S1(=O)CCCC(NCCC2CCOC2)C1. The minimum Gasteiger partial charge on any atom is -0.381 e. The Morgan fingerprint density at radius 2 is 2.19 bits per heavy atom. The van der Waals surface area contributed by atoms with Crippen molar-refractivity contribution in [3.05, 3.63) is 0 Å². The van der Waals surface area contributed by atoms with Crippen LogP contribution < -0.4 is 5.32 Å². The van der Waals surface area contributed by atoms with E-state index in [9.17, 15) is 8.42 Å². The van der Waals surface area contributed by atoms with Gasteiger partial charge in [-0.1, -0.05) is 0 Å². The molecule has 0 aliphatic carbocycles. The normalized spacial score (nSPS) is 34.0. The van der Waals surface area contributed by atoms with Gasteiger partial charge in [0, 0.05) is 19.3 Å². The molecule has 2 aliphatic heterocycles. The fourth-order valence-electron chi connectivity index (χ4n) is 2.49. The smallest absolute Gasteiger partial charge is 0.151 e. The monoisotopic (exact) mass is 247 g/mol. The summed E-state index contributed by atoms with van der Waals surface area (Å²) in [5.74, 6) is 1.38. The lowest BCUT2D eigenvalue weighted by Crippen LogP contribution is -2.40. The van der Waals surface area contributed by atoms with E-state index in [4.69, 9.17) is 4.74 Å². The van der Waals surface area contributed by atoms with Crippen molar-refractivity contribution in [2.75, 3.05) is 31.3 Å². The van der Waals surface area contributed by atoms with Gasteiger partial charge < -0.3 is 10.1 Å². The van der Waals surface area contributed by atoms with Crippen LogP contribution in [0.4, 0.5) is 0 Å². The fourth-order valence-corrected chi connectivity index (χ4v) is 4.16. The van der Waals surface area contributed by atoms with Crippen LogP contribution >= 0.6 is 0 Å².